The van der Waals surface area contributed by atoms with Crippen molar-refractivity contribution >= 4 is 24.5 Å². The third-order valence-electron chi connectivity index (χ3n) is 1.17. The molecule has 0 aliphatic rings. The average Bonchev–Trinajstić information content (AvgIpc) is 2.10. The molecule has 74 valence electrons. The minimum absolute atomic E-state index is 0.0460. The molecule has 1 atom stereocenters. The molecule has 1 amide bonds. The summed E-state index contributed by atoms with van der Waals surface area (Å²) >= 11 is 3.77. The third kappa shape index (κ3) is 5.18. The van der Waals surface area contributed by atoms with Gasteiger partial charge in [-0.2, -0.15) is 22.9 Å². The van der Waals surface area contributed by atoms with Crippen LogP contribution in [0, 0.1) is 0 Å². The van der Waals surface area contributed by atoms with Gasteiger partial charge in [-0.05, 0) is 0 Å². The van der Waals surface area contributed by atoms with E-state index in [1.54, 1.807) is 0 Å². The molecule has 0 aliphatic carbocycles. The lowest BCUT2D eigenvalue weighted by Crippen LogP contribution is -2.43. The zero-order valence-electron chi connectivity index (χ0n) is 7.10. The first-order valence-corrected chi connectivity index (χ1v) is 4.13. The molecule has 0 fully saturated rings. The maximum Gasteiger partial charge on any atom is 0.327 e. The Balaban J connectivity index is 3.94. The van der Waals surface area contributed by atoms with Crippen LogP contribution in [0.25, 0.3) is 0 Å². The molecule has 0 aromatic carbocycles. The van der Waals surface area contributed by atoms with Gasteiger partial charge in [0.1, 0.15) is 12.6 Å². The van der Waals surface area contributed by atoms with E-state index in [9.17, 15) is 9.59 Å². The van der Waals surface area contributed by atoms with Crippen LogP contribution in [0.1, 0.15) is 0 Å². The van der Waals surface area contributed by atoms with E-state index in [4.69, 9.17) is 5.11 Å². The molecule has 2 N–H and O–H groups in total. The number of amides is 1. The van der Waals surface area contributed by atoms with Crippen molar-refractivity contribution in [1.29, 1.82) is 0 Å². The summed E-state index contributed by atoms with van der Waals surface area (Å²) in [5, 5.41) is 17.5. The van der Waals surface area contributed by atoms with E-state index in [0.717, 1.165) is 0 Å². The molecule has 0 aromatic heterocycles. The molecule has 0 saturated heterocycles. The van der Waals surface area contributed by atoms with Gasteiger partial charge in [0.25, 0.3) is 0 Å². The average molecular weight is 205 g/mol. The smallest absolute Gasteiger partial charge is 0.327 e. The molecule has 0 aromatic rings. The van der Waals surface area contributed by atoms with Crippen molar-refractivity contribution in [2.24, 2.45) is 10.2 Å². The highest BCUT2D eigenvalue weighted by Gasteiger charge is 2.17. The molecule has 1 unspecified atom stereocenters. The number of carbonyl (C=O) groups is 2. The number of carboxylic acids is 1. The first-order valence-electron chi connectivity index (χ1n) is 3.50. The van der Waals surface area contributed by atoms with Gasteiger partial charge in [0, 0.05) is 12.8 Å². The second-order valence-electron chi connectivity index (χ2n) is 2.14. The standard InChI is InChI=1S/C6H11N3O3S/c1-7-8-2-5(10)9-4(3-13)6(11)12/h4,13H,2-3H2,1H3,(H,9,10)(H,11,12)/b8-7+. The number of thiol groups is 1. The van der Waals surface area contributed by atoms with Gasteiger partial charge in [0.15, 0.2) is 0 Å². The molecule has 0 heterocycles. The molecule has 0 spiro atoms. The van der Waals surface area contributed by atoms with Gasteiger partial charge in [-0.15, -0.1) is 0 Å². The van der Waals surface area contributed by atoms with E-state index >= 15 is 0 Å². The molecule has 0 saturated carbocycles. The number of nitrogens with one attached hydrogen (secondary N) is 1. The molecule has 0 bridgehead atoms. The van der Waals surface area contributed by atoms with Crippen LogP contribution in [0.5, 0.6) is 0 Å². The lowest BCUT2D eigenvalue weighted by Gasteiger charge is -2.09. The van der Waals surface area contributed by atoms with Crippen molar-refractivity contribution in [2.75, 3.05) is 19.3 Å². The maximum atomic E-state index is 10.9. The quantitative estimate of drug-likeness (QED) is 0.420. The summed E-state index contributed by atoms with van der Waals surface area (Å²) in [6, 6.07) is -0.970. The molecule has 13 heavy (non-hydrogen) atoms. The minimum Gasteiger partial charge on any atom is -0.480 e. The number of carboxylic acid groups (broad SMARTS) is 1. The highest BCUT2D eigenvalue weighted by atomic mass is 32.1. The fourth-order valence-electron chi connectivity index (χ4n) is 0.560. The minimum atomic E-state index is -1.11. The summed E-state index contributed by atoms with van der Waals surface area (Å²) < 4.78 is 0. The fourth-order valence-corrected chi connectivity index (χ4v) is 0.808. The number of aliphatic carboxylic acids is 1. The number of azo groups is 1. The Morgan fingerprint density at radius 3 is 2.62 bits per heavy atom. The lowest BCUT2D eigenvalue weighted by molar-refractivity contribution is -0.140. The summed E-state index contributed by atoms with van der Waals surface area (Å²) in [4.78, 5) is 21.3. The van der Waals surface area contributed by atoms with E-state index in [1.807, 2.05) is 0 Å². The zero-order chi connectivity index (χ0) is 10.3. The molecular weight excluding hydrogens is 194 g/mol. The van der Waals surface area contributed by atoms with Gasteiger partial charge in [-0.1, -0.05) is 0 Å². The topological polar surface area (TPSA) is 91.1 Å². The predicted molar refractivity (Wildman–Crippen MR) is 49.1 cm³/mol. The SMILES string of the molecule is C/N=N/CC(=O)NC(CS)C(=O)O. The predicted octanol–water partition coefficient (Wildman–Crippen LogP) is -0.432. The van der Waals surface area contributed by atoms with Crippen LogP contribution < -0.4 is 5.32 Å². The number of carbonyl (C=O) groups excluding carboxylic acids is 1. The Morgan fingerprint density at radius 1 is 1.62 bits per heavy atom. The molecule has 0 aliphatic heterocycles. The van der Waals surface area contributed by atoms with Crippen molar-refractivity contribution in [1.82, 2.24) is 5.32 Å². The Kier molecular flexibility index (Phi) is 5.86. The lowest BCUT2D eigenvalue weighted by atomic mass is 10.3. The number of hydrogen-bond acceptors (Lipinski definition) is 5. The molecular formula is C6H11N3O3S. The molecule has 6 nitrogen and oxygen atoms in total. The van der Waals surface area contributed by atoms with Crippen molar-refractivity contribution in [3.8, 4) is 0 Å². The van der Waals surface area contributed by atoms with Gasteiger partial charge in [0.05, 0.1) is 0 Å². The van der Waals surface area contributed by atoms with Gasteiger partial charge in [-0.3, -0.25) is 4.79 Å². The van der Waals surface area contributed by atoms with Crippen LogP contribution in [0.4, 0.5) is 0 Å². The van der Waals surface area contributed by atoms with E-state index in [1.165, 1.54) is 7.05 Å². The monoisotopic (exact) mass is 205 g/mol. The summed E-state index contributed by atoms with van der Waals surface area (Å²) in [5.41, 5.74) is 0. The van der Waals surface area contributed by atoms with Crippen molar-refractivity contribution in [2.45, 2.75) is 6.04 Å². The van der Waals surface area contributed by atoms with Gasteiger partial charge >= 0.3 is 5.97 Å². The summed E-state index contributed by atoms with van der Waals surface area (Å²) in [6.45, 7) is -0.159. The Bertz CT molecular complexity index is 219. The normalized spacial score (nSPS) is 12.8. The molecule has 0 rings (SSSR count). The van der Waals surface area contributed by atoms with Crippen LogP contribution in [0.2, 0.25) is 0 Å². The fraction of sp³-hybridized carbons (Fsp3) is 0.667. The molecule has 0 radical (unpaired) electrons. The number of rotatable bonds is 5. The zero-order valence-corrected chi connectivity index (χ0v) is 7.99. The first kappa shape index (κ1) is 11.9. The van der Waals surface area contributed by atoms with Crippen LogP contribution >= 0.6 is 12.6 Å². The highest BCUT2D eigenvalue weighted by Crippen LogP contribution is 1.88. The van der Waals surface area contributed by atoms with Crippen molar-refractivity contribution < 1.29 is 14.7 Å². The second kappa shape index (κ2) is 6.41. The second-order valence-corrected chi connectivity index (χ2v) is 2.51. The van der Waals surface area contributed by atoms with Gasteiger partial charge in [0.2, 0.25) is 5.91 Å². The van der Waals surface area contributed by atoms with Gasteiger partial charge < -0.3 is 10.4 Å². The molecule has 7 heteroatoms. The van der Waals surface area contributed by atoms with E-state index in [-0.39, 0.29) is 12.3 Å². The highest BCUT2D eigenvalue weighted by molar-refractivity contribution is 7.80. The summed E-state index contributed by atoms with van der Waals surface area (Å²) in [7, 11) is 1.43. The maximum absolute atomic E-state index is 10.9. The number of hydrogen-bond donors (Lipinski definition) is 3. The van der Waals surface area contributed by atoms with Crippen molar-refractivity contribution in [3.05, 3.63) is 0 Å². The van der Waals surface area contributed by atoms with E-state index in [0.29, 0.717) is 0 Å². The summed E-state index contributed by atoms with van der Waals surface area (Å²) in [5.74, 6) is -1.55. The van der Waals surface area contributed by atoms with Crippen LogP contribution in [0.3, 0.4) is 0 Å². The number of nitrogens with zero attached hydrogens (tertiary/aromatic N) is 2. The Labute approximate surface area is 80.8 Å². The first-order chi connectivity index (χ1) is 6.11. The van der Waals surface area contributed by atoms with Crippen LogP contribution in [-0.4, -0.2) is 42.4 Å². The van der Waals surface area contributed by atoms with E-state index in [2.05, 4.69) is 28.2 Å². The Hall–Kier alpha value is -1.11. The third-order valence-corrected chi connectivity index (χ3v) is 1.54. The Morgan fingerprint density at radius 2 is 2.23 bits per heavy atom. The van der Waals surface area contributed by atoms with Crippen LogP contribution in [-0.2, 0) is 9.59 Å². The van der Waals surface area contributed by atoms with Crippen molar-refractivity contribution in [3.63, 3.8) is 0 Å². The largest absolute Gasteiger partial charge is 0.480 e. The van der Waals surface area contributed by atoms with Crippen LogP contribution in [0.15, 0.2) is 10.2 Å². The van der Waals surface area contributed by atoms with E-state index < -0.39 is 17.9 Å². The van der Waals surface area contributed by atoms with Gasteiger partial charge in [-0.25, -0.2) is 4.79 Å². The summed E-state index contributed by atoms with van der Waals surface area (Å²) in [6.07, 6.45) is 0.